The third kappa shape index (κ3) is 11.5. The molecule has 0 radical (unpaired) electrons. The predicted octanol–water partition coefficient (Wildman–Crippen LogP) is 5.38. The summed E-state index contributed by atoms with van der Waals surface area (Å²) in [5, 5.41) is 0. The summed E-state index contributed by atoms with van der Waals surface area (Å²) in [6, 6.07) is 10.4. The van der Waals surface area contributed by atoms with Crippen LogP contribution in [0.3, 0.4) is 0 Å². The molecular weight excluding hydrogens is 336 g/mol. The van der Waals surface area contributed by atoms with E-state index in [2.05, 4.69) is 32.2 Å². The molecule has 0 aliphatic heterocycles. The van der Waals surface area contributed by atoms with Crippen molar-refractivity contribution < 1.29 is 19.3 Å². The molecule has 1 aromatic carbocycles. The van der Waals surface area contributed by atoms with Crippen LogP contribution in [0, 0.1) is 0 Å². The molecule has 1 atom stereocenters. The van der Waals surface area contributed by atoms with Gasteiger partial charge in [0.25, 0.3) is 0 Å². The standard InChI is InChI=1S/C18H24O4S.2CH4/c1-14(2)18(19)20-10-11-21-22-16(4)13-23-12-15(3)17-8-6-5-7-9-17;;/h5-9,15H,1,4,10-13H2,2-3H3;2*1H4. The van der Waals surface area contributed by atoms with E-state index in [0.717, 1.165) is 5.75 Å². The van der Waals surface area contributed by atoms with Crippen molar-refractivity contribution in [2.24, 2.45) is 0 Å². The molecule has 0 bridgehead atoms. The first-order valence-electron chi connectivity index (χ1n) is 7.43. The first-order chi connectivity index (χ1) is 11.0. The van der Waals surface area contributed by atoms with E-state index < -0.39 is 5.97 Å². The Morgan fingerprint density at radius 1 is 1.16 bits per heavy atom. The lowest BCUT2D eigenvalue weighted by molar-refractivity contribution is -0.265. The molecule has 5 heteroatoms. The maximum atomic E-state index is 11.1. The predicted molar refractivity (Wildman–Crippen MR) is 108 cm³/mol. The van der Waals surface area contributed by atoms with Crippen LogP contribution in [0.2, 0.25) is 0 Å². The fraction of sp³-hybridized carbons (Fsp3) is 0.450. The third-order valence-electron chi connectivity index (χ3n) is 2.92. The van der Waals surface area contributed by atoms with Gasteiger partial charge in [-0.2, -0.15) is 16.6 Å². The lowest BCUT2D eigenvalue weighted by Crippen LogP contribution is -2.11. The number of thioether (sulfide) groups is 1. The van der Waals surface area contributed by atoms with E-state index in [1.807, 2.05) is 18.2 Å². The van der Waals surface area contributed by atoms with E-state index in [0.29, 0.717) is 23.0 Å². The van der Waals surface area contributed by atoms with Gasteiger partial charge >= 0.3 is 5.97 Å². The minimum absolute atomic E-state index is 0. The van der Waals surface area contributed by atoms with Gasteiger partial charge in [-0.3, -0.25) is 0 Å². The SMILES string of the molecule is C.C.C=C(CSCC(C)c1ccccc1)OOCCOC(=O)C(=C)C. The monoisotopic (exact) mass is 368 g/mol. The van der Waals surface area contributed by atoms with Gasteiger partial charge in [-0.05, 0) is 18.4 Å². The van der Waals surface area contributed by atoms with Crippen LogP contribution in [0.5, 0.6) is 0 Å². The van der Waals surface area contributed by atoms with E-state index >= 15 is 0 Å². The third-order valence-corrected chi connectivity index (χ3v) is 4.19. The molecular formula is C20H32O4S. The zero-order valence-electron chi connectivity index (χ0n) is 13.7. The summed E-state index contributed by atoms with van der Waals surface area (Å²) in [7, 11) is 0. The Bertz CT molecular complexity index is 514. The van der Waals surface area contributed by atoms with Gasteiger partial charge in [0.1, 0.15) is 19.0 Å². The Balaban J connectivity index is 0. The van der Waals surface area contributed by atoms with E-state index in [9.17, 15) is 4.79 Å². The van der Waals surface area contributed by atoms with Crippen molar-refractivity contribution in [3.63, 3.8) is 0 Å². The van der Waals surface area contributed by atoms with Gasteiger partial charge in [-0.25, -0.2) is 4.79 Å². The smallest absolute Gasteiger partial charge is 0.333 e. The molecule has 0 saturated carbocycles. The summed E-state index contributed by atoms with van der Waals surface area (Å²) in [5.74, 6) is 2.21. The highest BCUT2D eigenvalue weighted by molar-refractivity contribution is 7.99. The van der Waals surface area contributed by atoms with Crippen LogP contribution in [-0.4, -0.2) is 30.7 Å². The molecule has 0 amide bonds. The van der Waals surface area contributed by atoms with E-state index in [-0.39, 0.29) is 28.1 Å². The van der Waals surface area contributed by atoms with Crippen molar-refractivity contribution >= 4 is 17.7 Å². The fourth-order valence-corrected chi connectivity index (χ4v) is 2.61. The maximum absolute atomic E-state index is 11.1. The average molecular weight is 369 g/mol. The van der Waals surface area contributed by atoms with Crippen molar-refractivity contribution in [1.29, 1.82) is 0 Å². The highest BCUT2D eigenvalue weighted by atomic mass is 32.2. The number of hydrogen-bond donors (Lipinski definition) is 0. The van der Waals surface area contributed by atoms with Crippen LogP contribution < -0.4 is 0 Å². The van der Waals surface area contributed by atoms with Crippen LogP contribution in [-0.2, 0) is 19.3 Å². The Labute approximate surface area is 157 Å². The highest BCUT2D eigenvalue weighted by Gasteiger charge is 2.06. The van der Waals surface area contributed by atoms with Crippen molar-refractivity contribution in [1.82, 2.24) is 0 Å². The summed E-state index contributed by atoms with van der Waals surface area (Å²) in [6.45, 7) is 11.3. The van der Waals surface area contributed by atoms with Crippen LogP contribution in [0.4, 0.5) is 0 Å². The number of hydrogen-bond acceptors (Lipinski definition) is 5. The molecule has 0 aliphatic carbocycles. The Morgan fingerprint density at radius 2 is 1.80 bits per heavy atom. The van der Waals surface area contributed by atoms with Gasteiger partial charge < -0.3 is 9.62 Å². The minimum atomic E-state index is -0.433. The molecule has 0 heterocycles. The summed E-state index contributed by atoms with van der Waals surface area (Å²) in [4.78, 5) is 21.1. The molecule has 25 heavy (non-hydrogen) atoms. The average Bonchev–Trinajstić information content (AvgIpc) is 2.54. The Kier molecular flexibility index (Phi) is 14.9. The number of carbonyl (C=O) groups excluding carboxylic acids is 1. The van der Waals surface area contributed by atoms with Gasteiger partial charge in [0.05, 0.1) is 5.75 Å². The normalized spacial score (nSPS) is 10.6. The summed E-state index contributed by atoms with van der Waals surface area (Å²) < 4.78 is 4.87. The molecule has 1 unspecified atom stereocenters. The number of benzene rings is 1. The van der Waals surface area contributed by atoms with Gasteiger partial charge in [0.15, 0.2) is 0 Å². The molecule has 1 aromatic rings. The summed E-state index contributed by atoms with van der Waals surface area (Å²) in [6.07, 6.45) is 0. The van der Waals surface area contributed by atoms with Crippen LogP contribution in [0.1, 0.15) is 40.2 Å². The Hall–Kier alpha value is -1.72. The molecule has 142 valence electrons. The quantitative estimate of drug-likeness (QED) is 0.131. The van der Waals surface area contributed by atoms with Gasteiger partial charge in [-0.15, -0.1) is 0 Å². The zero-order valence-corrected chi connectivity index (χ0v) is 14.6. The van der Waals surface area contributed by atoms with E-state index in [1.165, 1.54) is 5.56 Å². The van der Waals surface area contributed by atoms with Gasteiger partial charge in [0, 0.05) is 11.3 Å². The number of rotatable bonds is 11. The number of esters is 1. The molecule has 0 aliphatic rings. The molecule has 0 fully saturated rings. The van der Waals surface area contributed by atoms with Crippen molar-refractivity contribution in [2.45, 2.75) is 34.6 Å². The number of ether oxygens (including phenoxy) is 1. The minimum Gasteiger partial charge on any atom is -0.460 e. The second kappa shape index (κ2) is 14.6. The van der Waals surface area contributed by atoms with Crippen LogP contribution in [0.15, 0.2) is 54.8 Å². The van der Waals surface area contributed by atoms with Crippen LogP contribution in [0.25, 0.3) is 0 Å². The first kappa shape index (κ1) is 25.5. The van der Waals surface area contributed by atoms with Crippen molar-refractivity contribution in [3.05, 3.63) is 60.4 Å². The summed E-state index contributed by atoms with van der Waals surface area (Å²) in [5.41, 5.74) is 1.68. The van der Waals surface area contributed by atoms with Gasteiger partial charge in [0.2, 0.25) is 0 Å². The highest BCUT2D eigenvalue weighted by Crippen LogP contribution is 2.21. The summed E-state index contributed by atoms with van der Waals surface area (Å²) >= 11 is 1.74. The van der Waals surface area contributed by atoms with E-state index in [4.69, 9.17) is 14.5 Å². The number of carbonyl (C=O) groups is 1. The van der Waals surface area contributed by atoms with E-state index in [1.54, 1.807) is 18.7 Å². The fourth-order valence-electron chi connectivity index (χ4n) is 1.67. The first-order valence-corrected chi connectivity index (χ1v) is 8.58. The zero-order chi connectivity index (χ0) is 17.1. The topological polar surface area (TPSA) is 44.8 Å². The lowest BCUT2D eigenvalue weighted by Gasteiger charge is -2.12. The molecule has 0 N–H and O–H groups in total. The molecule has 0 aromatic heterocycles. The van der Waals surface area contributed by atoms with Crippen molar-refractivity contribution in [3.8, 4) is 0 Å². The molecule has 0 saturated heterocycles. The largest absolute Gasteiger partial charge is 0.460 e. The van der Waals surface area contributed by atoms with Crippen molar-refractivity contribution in [2.75, 3.05) is 24.7 Å². The molecule has 4 nitrogen and oxygen atoms in total. The Morgan fingerprint density at radius 3 is 2.40 bits per heavy atom. The van der Waals surface area contributed by atoms with Crippen LogP contribution >= 0.6 is 11.8 Å². The molecule has 0 spiro atoms. The second-order valence-electron chi connectivity index (χ2n) is 5.19. The van der Waals surface area contributed by atoms with Gasteiger partial charge in [-0.1, -0.05) is 65.3 Å². The lowest BCUT2D eigenvalue weighted by atomic mass is 10.0. The molecule has 1 rings (SSSR count). The maximum Gasteiger partial charge on any atom is 0.333 e. The second-order valence-corrected chi connectivity index (χ2v) is 6.22.